The van der Waals surface area contributed by atoms with Gasteiger partial charge in [-0.15, -0.1) is 0 Å². The van der Waals surface area contributed by atoms with Gasteiger partial charge in [0.05, 0.1) is 12.0 Å². The molecule has 1 unspecified atom stereocenters. The molecule has 3 amide bonds. The van der Waals surface area contributed by atoms with E-state index in [1.807, 2.05) is 30.3 Å². The molecule has 22 heavy (non-hydrogen) atoms. The molecule has 0 aromatic heterocycles. The van der Waals surface area contributed by atoms with Crippen molar-refractivity contribution < 1.29 is 19.1 Å². The smallest absolute Gasteiger partial charge is 0.416 e. The fourth-order valence-electron chi connectivity index (χ4n) is 3.04. The predicted octanol–water partition coefficient (Wildman–Crippen LogP) is 1.10. The van der Waals surface area contributed by atoms with E-state index in [9.17, 15) is 14.4 Å². The third-order valence-electron chi connectivity index (χ3n) is 4.23. The monoisotopic (exact) mass is 302 g/mol. The van der Waals surface area contributed by atoms with E-state index < -0.39 is 12.0 Å². The fourth-order valence-corrected chi connectivity index (χ4v) is 3.04. The molecule has 3 atom stereocenters. The Morgan fingerprint density at radius 2 is 2.05 bits per heavy atom. The maximum atomic E-state index is 12.6. The summed E-state index contributed by atoms with van der Waals surface area (Å²) in [7, 11) is 0. The number of amides is 3. The Labute approximate surface area is 128 Å². The molecule has 6 heteroatoms. The van der Waals surface area contributed by atoms with Gasteiger partial charge in [-0.2, -0.15) is 0 Å². The van der Waals surface area contributed by atoms with E-state index in [4.69, 9.17) is 4.74 Å². The summed E-state index contributed by atoms with van der Waals surface area (Å²) in [5.74, 6) is -0.983. The maximum Gasteiger partial charge on any atom is 0.416 e. The average Bonchev–Trinajstić information content (AvgIpc) is 3.02. The van der Waals surface area contributed by atoms with Crippen LogP contribution in [0.2, 0.25) is 0 Å². The number of cyclic esters (lactones) is 1. The summed E-state index contributed by atoms with van der Waals surface area (Å²) in [5.41, 5.74) is 1.04. The second-order valence-corrected chi connectivity index (χ2v) is 5.80. The van der Waals surface area contributed by atoms with E-state index in [1.54, 1.807) is 6.92 Å². The molecular weight excluding hydrogens is 284 g/mol. The summed E-state index contributed by atoms with van der Waals surface area (Å²) in [6.45, 7) is 1.98. The molecule has 2 aliphatic rings. The van der Waals surface area contributed by atoms with Crippen molar-refractivity contribution in [3.63, 3.8) is 0 Å². The topological polar surface area (TPSA) is 75.7 Å². The molecule has 1 N–H and O–H groups in total. The minimum atomic E-state index is -0.613. The van der Waals surface area contributed by atoms with Crippen molar-refractivity contribution in [1.82, 2.24) is 10.2 Å². The normalized spacial score (nSPS) is 27.7. The molecule has 1 aromatic carbocycles. The van der Waals surface area contributed by atoms with Crippen LogP contribution >= 0.6 is 0 Å². The summed E-state index contributed by atoms with van der Waals surface area (Å²) in [6.07, 6.45) is 0.0697. The number of rotatable bonds is 3. The van der Waals surface area contributed by atoms with E-state index in [0.717, 1.165) is 5.56 Å². The van der Waals surface area contributed by atoms with Gasteiger partial charge in [0.1, 0.15) is 6.61 Å². The molecule has 3 rings (SSSR count). The molecule has 2 aliphatic heterocycles. The highest BCUT2D eigenvalue weighted by Crippen LogP contribution is 2.25. The van der Waals surface area contributed by atoms with E-state index in [-0.39, 0.29) is 36.9 Å². The van der Waals surface area contributed by atoms with E-state index in [1.165, 1.54) is 4.90 Å². The summed E-state index contributed by atoms with van der Waals surface area (Å²) < 4.78 is 5.05. The quantitative estimate of drug-likeness (QED) is 0.907. The van der Waals surface area contributed by atoms with Gasteiger partial charge in [-0.1, -0.05) is 30.3 Å². The van der Waals surface area contributed by atoms with Crippen LogP contribution in [0.1, 0.15) is 18.9 Å². The number of carbonyl (C=O) groups is 3. The van der Waals surface area contributed by atoms with Crippen LogP contribution in [0, 0.1) is 5.92 Å². The second kappa shape index (κ2) is 5.79. The van der Waals surface area contributed by atoms with Crippen LogP contribution in [0.4, 0.5) is 4.79 Å². The number of hydrogen-bond acceptors (Lipinski definition) is 4. The minimum Gasteiger partial charge on any atom is -0.447 e. The van der Waals surface area contributed by atoms with E-state index in [2.05, 4.69) is 5.32 Å². The molecule has 0 bridgehead atoms. The van der Waals surface area contributed by atoms with Crippen LogP contribution < -0.4 is 5.32 Å². The number of imide groups is 1. The number of hydrogen-bond donors (Lipinski definition) is 1. The van der Waals surface area contributed by atoms with Crippen molar-refractivity contribution in [2.45, 2.75) is 31.8 Å². The minimum absolute atomic E-state index is 0.127. The molecule has 2 saturated heterocycles. The number of nitrogens with zero attached hydrogens (tertiary/aromatic N) is 1. The van der Waals surface area contributed by atoms with Crippen LogP contribution in [-0.2, 0) is 20.7 Å². The Morgan fingerprint density at radius 3 is 2.68 bits per heavy atom. The Bertz CT molecular complexity index is 601. The van der Waals surface area contributed by atoms with E-state index >= 15 is 0 Å². The van der Waals surface area contributed by atoms with Crippen molar-refractivity contribution in [2.75, 3.05) is 6.61 Å². The Balaban J connectivity index is 1.76. The number of benzene rings is 1. The molecule has 0 saturated carbocycles. The van der Waals surface area contributed by atoms with Crippen LogP contribution in [0.15, 0.2) is 30.3 Å². The average molecular weight is 302 g/mol. The third-order valence-corrected chi connectivity index (χ3v) is 4.23. The Kier molecular flexibility index (Phi) is 3.83. The first-order chi connectivity index (χ1) is 10.6. The van der Waals surface area contributed by atoms with Gasteiger partial charge in [-0.05, 0) is 18.9 Å². The first-order valence-electron chi connectivity index (χ1n) is 7.39. The lowest BCUT2D eigenvalue weighted by atomic mass is 9.98. The highest BCUT2D eigenvalue weighted by atomic mass is 16.6. The van der Waals surface area contributed by atoms with Crippen molar-refractivity contribution in [3.05, 3.63) is 35.9 Å². The van der Waals surface area contributed by atoms with Gasteiger partial charge in [-0.3, -0.25) is 9.59 Å². The van der Waals surface area contributed by atoms with Crippen molar-refractivity contribution >= 4 is 17.9 Å². The first kappa shape index (κ1) is 14.6. The van der Waals surface area contributed by atoms with Gasteiger partial charge in [0.25, 0.3) is 0 Å². The van der Waals surface area contributed by atoms with Gasteiger partial charge >= 0.3 is 6.09 Å². The molecule has 0 aliphatic carbocycles. The number of carbonyl (C=O) groups excluding carboxylic acids is 3. The molecule has 6 nitrogen and oxygen atoms in total. The van der Waals surface area contributed by atoms with Crippen LogP contribution in [-0.4, -0.2) is 41.5 Å². The van der Waals surface area contributed by atoms with E-state index in [0.29, 0.717) is 6.42 Å². The number of ether oxygens (including phenoxy) is 1. The van der Waals surface area contributed by atoms with Gasteiger partial charge in [0.2, 0.25) is 11.8 Å². The molecule has 2 heterocycles. The maximum absolute atomic E-state index is 12.6. The zero-order valence-corrected chi connectivity index (χ0v) is 12.3. The zero-order valence-electron chi connectivity index (χ0n) is 12.3. The van der Waals surface area contributed by atoms with Crippen LogP contribution in [0.25, 0.3) is 0 Å². The lowest BCUT2D eigenvalue weighted by Gasteiger charge is -2.24. The summed E-state index contributed by atoms with van der Waals surface area (Å²) in [5, 5.41) is 2.71. The molecule has 0 spiro atoms. The van der Waals surface area contributed by atoms with Crippen LogP contribution in [0.5, 0.6) is 0 Å². The molecule has 116 valence electrons. The Hall–Kier alpha value is -2.37. The molecular formula is C16H18N2O4. The highest BCUT2D eigenvalue weighted by molar-refractivity contribution is 5.98. The van der Waals surface area contributed by atoms with Crippen LogP contribution in [0.3, 0.4) is 0 Å². The zero-order chi connectivity index (χ0) is 15.7. The summed E-state index contributed by atoms with van der Waals surface area (Å²) in [4.78, 5) is 37.2. The third kappa shape index (κ3) is 2.68. The first-order valence-corrected chi connectivity index (χ1v) is 7.39. The summed E-state index contributed by atoms with van der Waals surface area (Å²) in [6, 6.07) is 9.08. The van der Waals surface area contributed by atoms with Gasteiger partial charge in [-0.25, -0.2) is 9.69 Å². The number of nitrogens with one attached hydrogen (secondary N) is 1. The molecule has 2 fully saturated rings. The molecule has 1 aromatic rings. The lowest BCUT2D eigenvalue weighted by molar-refractivity contribution is -0.134. The predicted molar refractivity (Wildman–Crippen MR) is 77.8 cm³/mol. The SMILES string of the molecule is C[C@@H]1NC(=O)C[C@H]1C(=O)N1C(=O)OCC1Cc1ccccc1. The Morgan fingerprint density at radius 1 is 1.32 bits per heavy atom. The van der Waals surface area contributed by atoms with Gasteiger partial charge < -0.3 is 10.1 Å². The highest BCUT2D eigenvalue weighted by Gasteiger charge is 2.45. The fraction of sp³-hybridized carbons (Fsp3) is 0.438. The largest absolute Gasteiger partial charge is 0.447 e. The van der Waals surface area contributed by atoms with Crippen molar-refractivity contribution in [1.29, 1.82) is 0 Å². The standard InChI is InChI=1S/C16H18N2O4/c1-10-13(8-14(19)17-10)15(20)18-12(9-22-16(18)21)7-11-5-3-2-4-6-11/h2-6,10,12-13H,7-9H2,1H3,(H,17,19)/t10-,12?,13+/m0/s1. The van der Waals surface area contributed by atoms with Gasteiger partial charge in [0.15, 0.2) is 0 Å². The van der Waals surface area contributed by atoms with Crippen molar-refractivity contribution in [3.8, 4) is 0 Å². The van der Waals surface area contributed by atoms with Crippen molar-refractivity contribution in [2.24, 2.45) is 5.92 Å². The lowest BCUT2D eigenvalue weighted by Crippen LogP contribution is -2.45. The van der Waals surface area contributed by atoms with Gasteiger partial charge in [0, 0.05) is 12.5 Å². The summed E-state index contributed by atoms with van der Waals surface area (Å²) >= 11 is 0. The second-order valence-electron chi connectivity index (χ2n) is 5.80. The molecule has 0 radical (unpaired) electrons.